The van der Waals surface area contributed by atoms with Crippen molar-refractivity contribution in [2.75, 3.05) is 5.32 Å². The number of pyridine rings is 1. The molecule has 2 nitrogen and oxygen atoms in total. The van der Waals surface area contributed by atoms with E-state index in [9.17, 15) is 4.39 Å². The van der Waals surface area contributed by atoms with Gasteiger partial charge in [-0.15, -0.1) is 0 Å². The second-order valence-corrected chi connectivity index (χ2v) is 4.85. The van der Waals surface area contributed by atoms with E-state index in [-0.39, 0.29) is 5.82 Å². The highest BCUT2D eigenvalue weighted by atomic mass is 19.1. The highest BCUT2D eigenvalue weighted by Crippen LogP contribution is 2.20. The van der Waals surface area contributed by atoms with Crippen molar-refractivity contribution in [1.29, 1.82) is 0 Å². The molecule has 0 spiro atoms. The van der Waals surface area contributed by atoms with Crippen LogP contribution in [0.1, 0.15) is 11.1 Å². The highest BCUT2D eigenvalue weighted by Gasteiger charge is 2.04. The van der Waals surface area contributed by atoms with Crippen LogP contribution in [0.15, 0.2) is 54.9 Å². The van der Waals surface area contributed by atoms with Gasteiger partial charge >= 0.3 is 0 Å². The molecule has 0 atom stereocenters. The van der Waals surface area contributed by atoms with Gasteiger partial charge < -0.3 is 5.32 Å². The van der Waals surface area contributed by atoms with Gasteiger partial charge in [-0.3, -0.25) is 4.98 Å². The van der Waals surface area contributed by atoms with Gasteiger partial charge in [0.2, 0.25) is 0 Å². The summed E-state index contributed by atoms with van der Waals surface area (Å²) in [5, 5.41) is 5.39. The summed E-state index contributed by atoms with van der Waals surface area (Å²) in [5.41, 5.74) is 2.58. The average Bonchev–Trinajstić information content (AvgIpc) is 2.46. The number of aryl methyl sites for hydroxylation is 1. The Morgan fingerprint density at radius 3 is 2.90 bits per heavy atom. The summed E-state index contributed by atoms with van der Waals surface area (Å²) in [6, 6.07) is 13.3. The average molecular weight is 266 g/mol. The standard InChI is InChI=1S/C17H15FN2/c1-12-5-6-17(16(18)9-12)20-11-14-4-2-3-13-10-19-8-7-15(13)14/h2-10,20H,11H2,1H3. The molecule has 0 saturated carbocycles. The Morgan fingerprint density at radius 1 is 1.15 bits per heavy atom. The van der Waals surface area contributed by atoms with Crippen molar-refractivity contribution in [3.8, 4) is 0 Å². The molecule has 0 amide bonds. The van der Waals surface area contributed by atoms with Gasteiger partial charge in [0.15, 0.2) is 0 Å². The van der Waals surface area contributed by atoms with Crippen LogP contribution in [0.3, 0.4) is 0 Å². The zero-order chi connectivity index (χ0) is 13.9. The molecule has 1 heterocycles. The Balaban J connectivity index is 1.87. The first kappa shape index (κ1) is 12.6. The van der Waals surface area contributed by atoms with Crippen LogP contribution < -0.4 is 5.32 Å². The minimum absolute atomic E-state index is 0.216. The van der Waals surface area contributed by atoms with E-state index < -0.39 is 0 Å². The Labute approximate surface area is 117 Å². The Hall–Kier alpha value is -2.42. The van der Waals surface area contributed by atoms with E-state index in [1.807, 2.05) is 43.5 Å². The number of rotatable bonds is 3. The largest absolute Gasteiger partial charge is 0.379 e. The summed E-state index contributed by atoms with van der Waals surface area (Å²) in [7, 11) is 0. The molecule has 0 saturated heterocycles. The number of hydrogen-bond donors (Lipinski definition) is 1. The van der Waals surface area contributed by atoms with Crippen molar-refractivity contribution >= 4 is 16.5 Å². The minimum atomic E-state index is -0.216. The summed E-state index contributed by atoms with van der Waals surface area (Å²) >= 11 is 0. The van der Waals surface area contributed by atoms with Gasteiger partial charge in [-0.25, -0.2) is 4.39 Å². The number of halogens is 1. The van der Waals surface area contributed by atoms with Crippen LogP contribution in [0.25, 0.3) is 10.8 Å². The lowest BCUT2D eigenvalue weighted by Crippen LogP contribution is -2.02. The van der Waals surface area contributed by atoms with E-state index in [2.05, 4.69) is 10.3 Å². The Kier molecular flexibility index (Phi) is 3.33. The van der Waals surface area contributed by atoms with Crippen LogP contribution in [0, 0.1) is 12.7 Å². The van der Waals surface area contributed by atoms with Crippen LogP contribution >= 0.6 is 0 Å². The van der Waals surface area contributed by atoms with Crippen molar-refractivity contribution in [1.82, 2.24) is 4.98 Å². The molecule has 1 aromatic heterocycles. The fourth-order valence-corrected chi connectivity index (χ4v) is 2.30. The van der Waals surface area contributed by atoms with Crippen molar-refractivity contribution in [3.63, 3.8) is 0 Å². The van der Waals surface area contributed by atoms with E-state index in [1.165, 1.54) is 6.07 Å². The van der Waals surface area contributed by atoms with Crippen LogP contribution in [-0.4, -0.2) is 4.98 Å². The number of hydrogen-bond acceptors (Lipinski definition) is 2. The van der Waals surface area contributed by atoms with Gasteiger partial charge in [0.05, 0.1) is 5.69 Å². The van der Waals surface area contributed by atoms with Crippen LogP contribution in [-0.2, 0) is 6.54 Å². The fourth-order valence-electron chi connectivity index (χ4n) is 2.30. The molecule has 0 aliphatic carbocycles. The number of benzene rings is 2. The lowest BCUT2D eigenvalue weighted by molar-refractivity contribution is 0.629. The normalized spacial score (nSPS) is 10.7. The van der Waals surface area contributed by atoms with Gasteiger partial charge in [-0.1, -0.05) is 24.3 Å². The molecule has 0 aliphatic heterocycles. The third-order valence-corrected chi connectivity index (χ3v) is 3.36. The van der Waals surface area contributed by atoms with E-state index in [0.29, 0.717) is 12.2 Å². The molecule has 20 heavy (non-hydrogen) atoms. The van der Waals surface area contributed by atoms with Crippen LogP contribution in [0.4, 0.5) is 10.1 Å². The minimum Gasteiger partial charge on any atom is -0.379 e. The van der Waals surface area contributed by atoms with Gasteiger partial charge in [-0.2, -0.15) is 0 Å². The van der Waals surface area contributed by atoms with Gasteiger partial charge in [-0.05, 0) is 41.6 Å². The lowest BCUT2D eigenvalue weighted by atomic mass is 10.1. The van der Waals surface area contributed by atoms with Crippen molar-refractivity contribution < 1.29 is 4.39 Å². The van der Waals surface area contributed by atoms with E-state index >= 15 is 0 Å². The smallest absolute Gasteiger partial charge is 0.146 e. The first-order valence-corrected chi connectivity index (χ1v) is 6.56. The van der Waals surface area contributed by atoms with E-state index in [4.69, 9.17) is 0 Å². The summed E-state index contributed by atoms with van der Waals surface area (Å²) in [6.07, 6.45) is 3.61. The molecular formula is C17H15FN2. The van der Waals surface area contributed by atoms with E-state index in [1.54, 1.807) is 12.3 Å². The number of nitrogens with zero attached hydrogens (tertiary/aromatic N) is 1. The topological polar surface area (TPSA) is 24.9 Å². The van der Waals surface area contributed by atoms with E-state index in [0.717, 1.165) is 21.9 Å². The first-order valence-electron chi connectivity index (χ1n) is 6.56. The molecule has 1 N–H and O–H groups in total. The second kappa shape index (κ2) is 5.29. The maximum absolute atomic E-state index is 13.8. The SMILES string of the molecule is Cc1ccc(NCc2cccc3cnccc23)c(F)c1. The van der Waals surface area contributed by atoms with Crippen molar-refractivity contribution in [3.05, 3.63) is 71.8 Å². The molecule has 3 aromatic rings. The predicted octanol–water partition coefficient (Wildman–Crippen LogP) is 4.29. The van der Waals surface area contributed by atoms with Crippen molar-refractivity contribution in [2.45, 2.75) is 13.5 Å². The molecule has 0 radical (unpaired) electrons. The molecule has 0 bridgehead atoms. The maximum atomic E-state index is 13.8. The number of nitrogens with one attached hydrogen (secondary N) is 1. The number of fused-ring (bicyclic) bond motifs is 1. The summed E-state index contributed by atoms with van der Waals surface area (Å²) in [5.74, 6) is -0.216. The molecule has 3 heteroatoms. The zero-order valence-corrected chi connectivity index (χ0v) is 11.2. The molecule has 0 fully saturated rings. The number of anilines is 1. The van der Waals surface area contributed by atoms with Crippen LogP contribution in [0.2, 0.25) is 0 Å². The van der Waals surface area contributed by atoms with Gasteiger partial charge in [0.25, 0.3) is 0 Å². The molecule has 2 aromatic carbocycles. The monoisotopic (exact) mass is 266 g/mol. The third-order valence-electron chi connectivity index (χ3n) is 3.36. The maximum Gasteiger partial charge on any atom is 0.146 e. The number of aromatic nitrogens is 1. The van der Waals surface area contributed by atoms with Gasteiger partial charge in [0, 0.05) is 24.3 Å². The van der Waals surface area contributed by atoms with Crippen LogP contribution in [0.5, 0.6) is 0 Å². The molecule has 100 valence electrons. The Bertz CT molecular complexity index is 748. The highest BCUT2D eigenvalue weighted by molar-refractivity contribution is 5.84. The summed E-state index contributed by atoms with van der Waals surface area (Å²) in [6.45, 7) is 2.46. The molecule has 0 unspecified atom stereocenters. The molecule has 0 aliphatic rings. The lowest BCUT2D eigenvalue weighted by Gasteiger charge is -2.10. The zero-order valence-electron chi connectivity index (χ0n) is 11.2. The van der Waals surface area contributed by atoms with Crippen molar-refractivity contribution in [2.24, 2.45) is 0 Å². The quantitative estimate of drug-likeness (QED) is 0.764. The summed E-state index contributed by atoms with van der Waals surface area (Å²) in [4.78, 5) is 4.12. The van der Waals surface area contributed by atoms with Gasteiger partial charge in [0.1, 0.15) is 5.82 Å². The molecular weight excluding hydrogens is 251 g/mol. The second-order valence-electron chi connectivity index (χ2n) is 4.85. The Morgan fingerprint density at radius 2 is 2.05 bits per heavy atom. The predicted molar refractivity (Wildman–Crippen MR) is 80.2 cm³/mol. The fraction of sp³-hybridized carbons (Fsp3) is 0.118. The first-order chi connectivity index (χ1) is 9.74. The third kappa shape index (κ3) is 2.48. The molecule has 3 rings (SSSR count). The summed E-state index contributed by atoms with van der Waals surface area (Å²) < 4.78 is 13.8.